The number of rotatable bonds is 5. The molecule has 0 N–H and O–H groups in total. The zero-order valence-electron chi connectivity index (χ0n) is 15.5. The SMILES string of the molecule is COC(=O)c1cccc(Cn2c(=O)cc(Cl)n(Cc3ccccc3C#N)c2=O)c1. The van der Waals surface area contributed by atoms with Crippen LogP contribution >= 0.6 is 11.6 Å². The Labute approximate surface area is 171 Å². The van der Waals surface area contributed by atoms with Crippen molar-refractivity contribution in [3.63, 3.8) is 0 Å². The third-order valence-electron chi connectivity index (χ3n) is 4.38. The van der Waals surface area contributed by atoms with E-state index in [0.29, 0.717) is 22.3 Å². The summed E-state index contributed by atoms with van der Waals surface area (Å²) in [6, 6.07) is 16.5. The first kappa shape index (κ1) is 20.1. The standard InChI is InChI=1S/C21H16ClN3O4/c1-29-20(27)15-8-4-5-14(9-15)12-25-19(26)10-18(22)24(21(25)28)13-17-7-3-2-6-16(17)11-23/h2-10H,12-13H2,1H3. The summed E-state index contributed by atoms with van der Waals surface area (Å²) in [5.41, 5.74) is 0.747. The summed E-state index contributed by atoms with van der Waals surface area (Å²) in [5.74, 6) is -0.513. The Morgan fingerprint density at radius 1 is 1.07 bits per heavy atom. The van der Waals surface area contributed by atoms with Crippen molar-refractivity contribution < 1.29 is 9.53 Å². The van der Waals surface area contributed by atoms with Crippen molar-refractivity contribution in [2.75, 3.05) is 7.11 Å². The zero-order chi connectivity index (χ0) is 21.0. The molecule has 0 bridgehead atoms. The molecule has 0 atom stereocenters. The molecule has 0 fully saturated rings. The summed E-state index contributed by atoms with van der Waals surface area (Å²) < 4.78 is 6.95. The summed E-state index contributed by atoms with van der Waals surface area (Å²) in [7, 11) is 1.27. The second kappa shape index (κ2) is 8.59. The van der Waals surface area contributed by atoms with Gasteiger partial charge in [-0.15, -0.1) is 0 Å². The van der Waals surface area contributed by atoms with Crippen LogP contribution in [0.25, 0.3) is 0 Å². The van der Waals surface area contributed by atoms with E-state index in [1.54, 1.807) is 48.5 Å². The molecule has 3 aromatic rings. The summed E-state index contributed by atoms with van der Waals surface area (Å²) in [5, 5.41) is 9.24. The van der Waals surface area contributed by atoms with E-state index in [1.807, 2.05) is 0 Å². The Hall–Kier alpha value is -3.63. The van der Waals surface area contributed by atoms with Crippen LogP contribution in [0.4, 0.5) is 0 Å². The van der Waals surface area contributed by atoms with Crippen molar-refractivity contribution in [2.24, 2.45) is 0 Å². The van der Waals surface area contributed by atoms with Crippen molar-refractivity contribution in [1.29, 1.82) is 5.26 Å². The third kappa shape index (κ3) is 4.28. The zero-order valence-corrected chi connectivity index (χ0v) is 16.2. The molecule has 1 heterocycles. The number of carbonyl (C=O) groups excluding carboxylic acids is 1. The predicted octanol–water partition coefficient (Wildman–Crippen LogP) is 2.42. The molecule has 0 aliphatic rings. The number of hydrogen-bond acceptors (Lipinski definition) is 5. The predicted molar refractivity (Wildman–Crippen MR) is 107 cm³/mol. The molecule has 1 aromatic heterocycles. The quantitative estimate of drug-likeness (QED) is 0.476. The molecular formula is C21H16ClN3O4. The van der Waals surface area contributed by atoms with Gasteiger partial charge in [0.2, 0.25) is 0 Å². The summed E-state index contributed by atoms with van der Waals surface area (Å²) >= 11 is 6.15. The van der Waals surface area contributed by atoms with Crippen LogP contribution < -0.4 is 11.2 Å². The second-order valence-corrected chi connectivity index (χ2v) is 6.61. The minimum Gasteiger partial charge on any atom is -0.465 e. The number of ether oxygens (including phenoxy) is 1. The number of benzene rings is 2. The molecule has 0 radical (unpaired) electrons. The van der Waals surface area contributed by atoms with Crippen LogP contribution in [0.3, 0.4) is 0 Å². The summed E-state index contributed by atoms with van der Waals surface area (Å²) in [6.07, 6.45) is 0. The largest absolute Gasteiger partial charge is 0.465 e. The maximum Gasteiger partial charge on any atom is 0.337 e. The van der Waals surface area contributed by atoms with Gasteiger partial charge in [-0.1, -0.05) is 41.9 Å². The van der Waals surface area contributed by atoms with E-state index in [4.69, 9.17) is 16.3 Å². The maximum absolute atomic E-state index is 13.0. The van der Waals surface area contributed by atoms with E-state index in [9.17, 15) is 19.6 Å². The fourth-order valence-electron chi connectivity index (χ4n) is 2.91. The molecule has 0 aliphatic carbocycles. The summed E-state index contributed by atoms with van der Waals surface area (Å²) in [6.45, 7) is 0.00342. The number of nitriles is 1. The Morgan fingerprint density at radius 2 is 1.83 bits per heavy atom. The van der Waals surface area contributed by atoms with Gasteiger partial charge >= 0.3 is 11.7 Å². The number of methoxy groups -OCH3 is 1. The van der Waals surface area contributed by atoms with Crippen molar-refractivity contribution in [3.05, 3.63) is 103 Å². The molecular weight excluding hydrogens is 394 g/mol. The topological polar surface area (TPSA) is 94.1 Å². The van der Waals surface area contributed by atoms with Gasteiger partial charge in [-0.3, -0.25) is 13.9 Å². The highest BCUT2D eigenvalue weighted by Crippen LogP contribution is 2.12. The normalized spacial score (nSPS) is 10.4. The molecule has 0 saturated carbocycles. The van der Waals surface area contributed by atoms with E-state index in [2.05, 4.69) is 6.07 Å². The van der Waals surface area contributed by atoms with Crippen molar-refractivity contribution >= 4 is 17.6 Å². The van der Waals surface area contributed by atoms with Crippen LogP contribution in [0.1, 0.15) is 27.0 Å². The Balaban J connectivity index is 2.03. The molecule has 8 heteroatoms. The first-order valence-corrected chi connectivity index (χ1v) is 8.98. The molecule has 0 aliphatic heterocycles. The van der Waals surface area contributed by atoms with Gasteiger partial charge in [-0.05, 0) is 29.3 Å². The van der Waals surface area contributed by atoms with E-state index < -0.39 is 17.2 Å². The van der Waals surface area contributed by atoms with Gasteiger partial charge in [-0.25, -0.2) is 9.59 Å². The average molecular weight is 410 g/mol. The third-order valence-corrected chi connectivity index (χ3v) is 4.70. The lowest BCUT2D eigenvalue weighted by Crippen LogP contribution is -2.40. The number of nitrogens with zero attached hydrogens (tertiary/aromatic N) is 3. The van der Waals surface area contributed by atoms with Gasteiger partial charge in [0, 0.05) is 6.07 Å². The highest BCUT2D eigenvalue weighted by atomic mass is 35.5. The number of carbonyl (C=O) groups is 1. The number of hydrogen-bond donors (Lipinski definition) is 0. The van der Waals surface area contributed by atoms with Crippen LogP contribution in [0, 0.1) is 11.3 Å². The van der Waals surface area contributed by atoms with Crippen molar-refractivity contribution in [2.45, 2.75) is 13.1 Å². The van der Waals surface area contributed by atoms with Gasteiger partial charge in [0.15, 0.2) is 0 Å². The lowest BCUT2D eigenvalue weighted by molar-refractivity contribution is 0.0600. The average Bonchev–Trinajstić information content (AvgIpc) is 2.74. The molecule has 2 aromatic carbocycles. The van der Waals surface area contributed by atoms with E-state index in [-0.39, 0.29) is 18.2 Å². The fraction of sp³-hybridized carbons (Fsp3) is 0.143. The van der Waals surface area contributed by atoms with Gasteiger partial charge in [0.05, 0.1) is 37.4 Å². The Morgan fingerprint density at radius 3 is 2.55 bits per heavy atom. The van der Waals surface area contributed by atoms with Crippen molar-refractivity contribution in [1.82, 2.24) is 9.13 Å². The number of esters is 1. The molecule has 0 unspecified atom stereocenters. The lowest BCUT2D eigenvalue weighted by atomic mass is 10.1. The first-order valence-electron chi connectivity index (χ1n) is 8.60. The second-order valence-electron chi connectivity index (χ2n) is 6.22. The molecule has 0 spiro atoms. The van der Waals surface area contributed by atoms with E-state index in [0.717, 1.165) is 10.6 Å². The minimum absolute atomic E-state index is 0.0210. The molecule has 7 nitrogen and oxygen atoms in total. The van der Waals surface area contributed by atoms with Gasteiger partial charge in [0.25, 0.3) is 5.56 Å². The molecule has 146 valence electrons. The lowest BCUT2D eigenvalue weighted by Gasteiger charge is -2.13. The van der Waals surface area contributed by atoms with Crippen LogP contribution in [-0.4, -0.2) is 22.2 Å². The Kier molecular flexibility index (Phi) is 5.96. The molecule has 0 saturated heterocycles. The monoisotopic (exact) mass is 409 g/mol. The van der Waals surface area contributed by atoms with Crippen LogP contribution in [0.15, 0.2) is 64.2 Å². The van der Waals surface area contributed by atoms with Crippen molar-refractivity contribution in [3.8, 4) is 6.07 Å². The number of aromatic nitrogens is 2. The fourth-order valence-corrected chi connectivity index (χ4v) is 3.14. The van der Waals surface area contributed by atoms with Crippen LogP contribution in [-0.2, 0) is 17.8 Å². The highest BCUT2D eigenvalue weighted by molar-refractivity contribution is 6.29. The van der Waals surface area contributed by atoms with Crippen LogP contribution in [0.5, 0.6) is 0 Å². The highest BCUT2D eigenvalue weighted by Gasteiger charge is 2.14. The molecule has 29 heavy (non-hydrogen) atoms. The van der Waals surface area contributed by atoms with Gasteiger partial charge < -0.3 is 4.74 Å². The van der Waals surface area contributed by atoms with E-state index in [1.165, 1.54) is 11.7 Å². The van der Waals surface area contributed by atoms with Gasteiger partial charge in [-0.2, -0.15) is 5.26 Å². The molecule has 3 rings (SSSR count). The Bertz CT molecular complexity index is 1240. The maximum atomic E-state index is 13.0. The summed E-state index contributed by atoms with van der Waals surface area (Å²) in [4.78, 5) is 37.1. The van der Waals surface area contributed by atoms with Gasteiger partial charge in [0.1, 0.15) is 5.15 Å². The smallest absolute Gasteiger partial charge is 0.337 e. The van der Waals surface area contributed by atoms with Crippen LogP contribution in [0.2, 0.25) is 5.15 Å². The number of halogens is 1. The minimum atomic E-state index is -0.612. The first-order chi connectivity index (χ1) is 13.9. The van der Waals surface area contributed by atoms with E-state index >= 15 is 0 Å². The molecule has 0 amide bonds.